The molecule has 0 atom stereocenters. The Hall–Kier alpha value is -2.02. The van der Waals surface area contributed by atoms with Crippen LogP contribution in [0.2, 0.25) is 0 Å². The van der Waals surface area contributed by atoms with Gasteiger partial charge in [0.05, 0.1) is 15.7 Å². The largest absolute Gasteiger partial charge is 0.368 e. The topological polar surface area (TPSA) is 66.9 Å². The van der Waals surface area contributed by atoms with Crippen LogP contribution in [0.25, 0.3) is 0 Å². The van der Waals surface area contributed by atoms with Gasteiger partial charge < -0.3 is 10.6 Å². The maximum Gasteiger partial charge on any atom is 0.258 e. The first-order valence-corrected chi connectivity index (χ1v) is 7.22. The van der Waals surface area contributed by atoms with Crippen molar-refractivity contribution in [3.05, 3.63) is 46.6 Å². The van der Waals surface area contributed by atoms with Gasteiger partial charge in [0.25, 0.3) is 5.91 Å². The van der Waals surface area contributed by atoms with Crippen LogP contribution in [0.1, 0.15) is 23.7 Å². The summed E-state index contributed by atoms with van der Waals surface area (Å²) in [6, 6.07) is 2.97. The van der Waals surface area contributed by atoms with E-state index >= 15 is 0 Å². The lowest BCUT2D eigenvalue weighted by Crippen LogP contribution is -2.16. The van der Waals surface area contributed by atoms with E-state index in [1.165, 1.54) is 18.5 Å². The number of aromatic nitrogens is 2. The zero-order chi connectivity index (χ0) is 15.2. The van der Waals surface area contributed by atoms with E-state index < -0.39 is 11.7 Å². The summed E-state index contributed by atoms with van der Waals surface area (Å²) in [5.74, 6) is -1.12. The summed E-state index contributed by atoms with van der Waals surface area (Å²) in [5.41, 5.74) is 0.460. The van der Waals surface area contributed by atoms with Gasteiger partial charge in [-0.1, -0.05) is 6.92 Å². The number of carbonyl (C=O) groups excluding carboxylic acids is 1. The van der Waals surface area contributed by atoms with Crippen LogP contribution in [0.15, 0.2) is 35.2 Å². The van der Waals surface area contributed by atoms with Crippen molar-refractivity contribution >= 4 is 33.3 Å². The van der Waals surface area contributed by atoms with Crippen molar-refractivity contribution < 1.29 is 9.18 Å². The summed E-state index contributed by atoms with van der Waals surface area (Å²) < 4.78 is 14.9. The van der Waals surface area contributed by atoms with Crippen LogP contribution in [0.5, 0.6) is 0 Å². The number of hydrogen-bond acceptors (Lipinski definition) is 4. The number of pyridine rings is 2. The molecule has 2 N–H and O–H groups in total. The third-order valence-corrected chi connectivity index (χ3v) is 3.33. The normalized spacial score (nSPS) is 10.2. The van der Waals surface area contributed by atoms with Gasteiger partial charge in [-0.15, -0.1) is 0 Å². The molecule has 110 valence electrons. The third kappa shape index (κ3) is 3.75. The monoisotopic (exact) mass is 352 g/mol. The molecular formula is C14H14BrFN4O. The summed E-state index contributed by atoms with van der Waals surface area (Å²) in [4.78, 5) is 20.0. The molecule has 0 aliphatic heterocycles. The minimum Gasteiger partial charge on any atom is -0.368 e. The van der Waals surface area contributed by atoms with Crippen molar-refractivity contribution in [2.45, 2.75) is 13.3 Å². The Balaban J connectivity index is 2.21. The molecule has 0 spiro atoms. The highest BCUT2D eigenvalue weighted by atomic mass is 79.9. The van der Waals surface area contributed by atoms with E-state index in [9.17, 15) is 9.18 Å². The summed E-state index contributed by atoms with van der Waals surface area (Å²) in [6.45, 7) is 2.55. The fraction of sp³-hybridized carbons (Fsp3) is 0.214. The predicted molar refractivity (Wildman–Crippen MR) is 82.9 cm³/mol. The number of rotatable bonds is 5. The third-order valence-electron chi connectivity index (χ3n) is 2.70. The molecule has 0 saturated heterocycles. The molecule has 7 heteroatoms. The van der Waals surface area contributed by atoms with E-state index in [4.69, 9.17) is 0 Å². The minimum atomic E-state index is -0.659. The Bertz CT molecular complexity index is 651. The number of anilines is 2. The Labute approximate surface area is 130 Å². The summed E-state index contributed by atoms with van der Waals surface area (Å²) in [5, 5.41) is 5.48. The summed E-state index contributed by atoms with van der Waals surface area (Å²) in [6.07, 6.45) is 5.32. The maximum absolute atomic E-state index is 14.2. The Morgan fingerprint density at radius 2 is 2.19 bits per heavy atom. The Morgan fingerprint density at radius 1 is 1.38 bits per heavy atom. The van der Waals surface area contributed by atoms with Gasteiger partial charge in [0.2, 0.25) is 0 Å². The minimum absolute atomic E-state index is 0.0627. The molecule has 0 aliphatic carbocycles. The van der Waals surface area contributed by atoms with Crippen molar-refractivity contribution in [3.63, 3.8) is 0 Å². The van der Waals surface area contributed by atoms with E-state index in [2.05, 4.69) is 36.5 Å². The van der Waals surface area contributed by atoms with Crippen LogP contribution in [0.4, 0.5) is 15.9 Å². The van der Waals surface area contributed by atoms with Gasteiger partial charge >= 0.3 is 0 Å². The lowest BCUT2D eigenvalue weighted by atomic mass is 10.2. The Kier molecular flexibility index (Phi) is 5.21. The fourth-order valence-electron chi connectivity index (χ4n) is 1.65. The molecule has 2 aromatic rings. The first kappa shape index (κ1) is 15.4. The number of nitrogens with zero attached hydrogens (tertiary/aromatic N) is 2. The summed E-state index contributed by atoms with van der Waals surface area (Å²) in [7, 11) is 0. The molecule has 0 unspecified atom stereocenters. The van der Waals surface area contributed by atoms with Crippen LogP contribution in [-0.2, 0) is 0 Å². The van der Waals surface area contributed by atoms with Gasteiger partial charge in [-0.25, -0.2) is 9.37 Å². The van der Waals surface area contributed by atoms with Crippen LogP contribution >= 0.6 is 15.9 Å². The first-order chi connectivity index (χ1) is 10.1. The molecule has 21 heavy (non-hydrogen) atoms. The summed E-state index contributed by atoms with van der Waals surface area (Å²) >= 11 is 3.27. The van der Waals surface area contributed by atoms with Gasteiger partial charge in [-0.2, -0.15) is 0 Å². The highest BCUT2D eigenvalue weighted by Crippen LogP contribution is 2.22. The lowest BCUT2D eigenvalue weighted by molar-refractivity contribution is 0.102. The molecule has 2 rings (SSSR count). The SMILES string of the molecule is CCCNc1nccc(C(=O)Nc2ccncc2Br)c1F. The van der Waals surface area contributed by atoms with Crippen molar-refractivity contribution in [1.29, 1.82) is 0 Å². The molecule has 0 aromatic carbocycles. The highest BCUT2D eigenvalue weighted by molar-refractivity contribution is 9.10. The molecule has 1 amide bonds. The first-order valence-electron chi connectivity index (χ1n) is 6.42. The van der Waals surface area contributed by atoms with Crippen LogP contribution < -0.4 is 10.6 Å². The lowest BCUT2D eigenvalue weighted by Gasteiger charge is -2.10. The molecule has 0 bridgehead atoms. The molecule has 2 aromatic heterocycles. The van der Waals surface area contributed by atoms with Crippen molar-refractivity contribution in [1.82, 2.24) is 9.97 Å². The van der Waals surface area contributed by atoms with Gasteiger partial charge in [-0.05, 0) is 34.5 Å². The standard InChI is InChI=1S/C14H14BrFN4O/c1-2-5-18-13-12(16)9(3-7-19-13)14(21)20-11-4-6-17-8-10(11)15/h3-4,6-8H,2,5H2,1H3,(H,18,19)(H,17,20,21). The predicted octanol–water partition coefficient (Wildman–Crippen LogP) is 3.45. The second-order valence-electron chi connectivity index (χ2n) is 4.26. The maximum atomic E-state index is 14.2. The molecule has 5 nitrogen and oxygen atoms in total. The van der Waals surface area contributed by atoms with Crippen LogP contribution in [-0.4, -0.2) is 22.4 Å². The van der Waals surface area contributed by atoms with E-state index in [1.54, 1.807) is 12.3 Å². The quantitative estimate of drug-likeness (QED) is 0.864. The zero-order valence-corrected chi connectivity index (χ0v) is 12.9. The number of amides is 1. The van der Waals surface area contributed by atoms with E-state index in [0.29, 0.717) is 16.7 Å². The van der Waals surface area contributed by atoms with Gasteiger partial charge in [0.15, 0.2) is 11.6 Å². The average molecular weight is 353 g/mol. The molecule has 0 saturated carbocycles. The van der Waals surface area contributed by atoms with Gasteiger partial charge in [0.1, 0.15) is 0 Å². The second-order valence-corrected chi connectivity index (χ2v) is 5.11. The van der Waals surface area contributed by atoms with E-state index in [0.717, 1.165) is 6.42 Å². The number of halogens is 2. The number of carbonyl (C=O) groups is 1. The van der Waals surface area contributed by atoms with Gasteiger partial charge in [-0.3, -0.25) is 9.78 Å². The fourth-order valence-corrected chi connectivity index (χ4v) is 2.00. The second kappa shape index (κ2) is 7.12. The Morgan fingerprint density at radius 3 is 2.90 bits per heavy atom. The number of hydrogen-bond donors (Lipinski definition) is 2. The molecule has 2 heterocycles. The van der Waals surface area contributed by atoms with Crippen LogP contribution in [0, 0.1) is 5.82 Å². The van der Waals surface area contributed by atoms with Gasteiger partial charge in [0, 0.05) is 25.1 Å². The molecular weight excluding hydrogens is 339 g/mol. The molecule has 0 radical (unpaired) electrons. The zero-order valence-electron chi connectivity index (χ0n) is 11.4. The van der Waals surface area contributed by atoms with Crippen molar-refractivity contribution in [2.24, 2.45) is 0 Å². The molecule has 0 fully saturated rings. The van der Waals surface area contributed by atoms with Crippen molar-refractivity contribution in [2.75, 3.05) is 17.2 Å². The smallest absolute Gasteiger partial charge is 0.258 e. The molecule has 0 aliphatic rings. The highest BCUT2D eigenvalue weighted by Gasteiger charge is 2.16. The van der Waals surface area contributed by atoms with E-state index in [1.807, 2.05) is 6.92 Å². The van der Waals surface area contributed by atoms with Crippen LogP contribution in [0.3, 0.4) is 0 Å². The average Bonchev–Trinajstić information content (AvgIpc) is 2.48. The van der Waals surface area contributed by atoms with E-state index in [-0.39, 0.29) is 11.4 Å². The number of nitrogens with one attached hydrogen (secondary N) is 2. The van der Waals surface area contributed by atoms with Crippen molar-refractivity contribution in [3.8, 4) is 0 Å².